The van der Waals surface area contributed by atoms with Crippen molar-refractivity contribution in [2.45, 2.75) is 12.5 Å². The zero-order valence-electron chi connectivity index (χ0n) is 9.85. The van der Waals surface area contributed by atoms with Crippen LogP contribution in [0.25, 0.3) is 0 Å². The molecule has 1 saturated heterocycles. The number of carbonyl (C=O) groups excluding carboxylic acids is 1. The van der Waals surface area contributed by atoms with Crippen molar-refractivity contribution in [1.29, 1.82) is 0 Å². The van der Waals surface area contributed by atoms with Gasteiger partial charge in [-0.1, -0.05) is 0 Å². The van der Waals surface area contributed by atoms with E-state index in [1.54, 1.807) is 23.5 Å². The Bertz CT molecular complexity index is 276. The fourth-order valence-electron chi connectivity index (χ4n) is 1.56. The topological polar surface area (TPSA) is 69.6 Å². The molecule has 1 atom stereocenters. The normalized spacial score (nSPS) is 20.1. The third-order valence-corrected chi connectivity index (χ3v) is 4.20. The Hall–Kier alpha value is -0.560. The fraction of sp³-hybridized carbons (Fsp3) is 0.800. The van der Waals surface area contributed by atoms with E-state index >= 15 is 0 Å². The average molecular weight is 278 g/mol. The molecule has 1 fully saturated rings. The molecule has 0 aromatic carbocycles. The molecule has 0 aromatic heterocycles. The molecule has 1 aliphatic heterocycles. The van der Waals surface area contributed by atoms with Gasteiger partial charge in [-0.15, -0.1) is 0 Å². The van der Waals surface area contributed by atoms with Crippen molar-refractivity contribution >= 4 is 35.5 Å². The molecule has 0 saturated carbocycles. The van der Waals surface area contributed by atoms with Gasteiger partial charge in [-0.3, -0.25) is 0 Å². The number of amides is 2. The first-order valence-corrected chi connectivity index (χ1v) is 8.05. The van der Waals surface area contributed by atoms with Gasteiger partial charge in [-0.25, -0.2) is 9.59 Å². The summed E-state index contributed by atoms with van der Waals surface area (Å²) in [5.74, 6) is 1.37. The molecule has 1 aliphatic rings. The minimum atomic E-state index is -0.920. The largest absolute Gasteiger partial charge is 0.480 e. The second kappa shape index (κ2) is 7.71. The Morgan fingerprint density at radius 2 is 2.35 bits per heavy atom. The number of thioether (sulfide) groups is 2. The number of rotatable bonds is 5. The lowest BCUT2D eigenvalue weighted by Crippen LogP contribution is -2.53. The molecule has 2 amide bonds. The highest BCUT2D eigenvalue weighted by atomic mass is 32.2. The number of nitrogens with one attached hydrogen (secondary N) is 1. The highest BCUT2D eigenvalue weighted by Crippen LogP contribution is 2.16. The zero-order valence-corrected chi connectivity index (χ0v) is 11.5. The van der Waals surface area contributed by atoms with Gasteiger partial charge in [0.05, 0.1) is 0 Å². The van der Waals surface area contributed by atoms with Crippen molar-refractivity contribution in [2.75, 3.05) is 36.6 Å². The van der Waals surface area contributed by atoms with Crippen LogP contribution in [0.4, 0.5) is 4.79 Å². The average Bonchev–Trinajstić information content (AvgIpc) is 2.34. The second-order valence-corrected chi connectivity index (χ2v) is 5.84. The van der Waals surface area contributed by atoms with Gasteiger partial charge in [0.15, 0.2) is 0 Å². The zero-order chi connectivity index (χ0) is 12.7. The summed E-state index contributed by atoms with van der Waals surface area (Å²) in [5, 5.41) is 11.8. The predicted octanol–water partition coefficient (Wildman–Crippen LogP) is 0.951. The lowest BCUT2D eigenvalue weighted by molar-refractivity contribution is -0.141. The second-order valence-electron chi connectivity index (χ2n) is 3.70. The van der Waals surface area contributed by atoms with Crippen molar-refractivity contribution < 1.29 is 14.7 Å². The summed E-state index contributed by atoms with van der Waals surface area (Å²) >= 11 is 3.31. The Balaban J connectivity index is 2.39. The smallest absolute Gasteiger partial charge is 0.327 e. The molecule has 1 unspecified atom stereocenters. The van der Waals surface area contributed by atoms with Crippen molar-refractivity contribution in [3.8, 4) is 0 Å². The van der Waals surface area contributed by atoms with E-state index in [4.69, 9.17) is 5.11 Å². The van der Waals surface area contributed by atoms with E-state index in [0.717, 1.165) is 17.9 Å². The summed E-state index contributed by atoms with van der Waals surface area (Å²) in [6.45, 7) is 1.12. The third-order valence-electron chi connectivity index (χ3n) is 2.48. The predicted molar refractivity (Wildman–Crippen MR) is 71.9 cm³/mol. The first-order valence-electron chi connectivity index (χ1n) is 5.50. The molecular weight excluding hydrogens is 260 g/mol. The molecule has 0 bridgehead atoms. The van der Waals surface area contributed by atoms with Gasteiger partial charge >= 0.3 is 12.0 Å². The quantitative estimate of drug-likeness (QED) is 0.733. The minimum absolute atomic E-state index is 0.251. The van der Waals surface area contributed by atoms with E-state index in [1.807, 2.05) is 6.26 Å². The molecule has 17 heavy (non-hydrogen) atoms. The number of carboxylic acids is 1. The maximum absolute atomic E-state index is 11.8. The lowest BCUT2D eigenvalue weighted by Gasteiger charge is -2.32. The van der Waals surface area contributed by atoms with Crippen LogP contribution in [-0.4, -0.2) is 64.7 Å². The Kier molecular flexibility index (Phi) is 6.57. The molecule has 5 nitrogen and oxygen atoms in total. The van der Waals surface area contributed by atoms with Crippen LogP contribution in [0, 0.1) is 0 Å². The van der Waals surface area contributed by atoms with E-state index < -0.39 is 12.0 Å². The number of urea groups is 1. The summed E-state index contributed by atoms with van der Waals surface area (Å²) in [6, 6.07) is -0.937. The molecule has 0 spiro atoms. The van der Waals surface area contributed by atoms with Crippen molar-refractivity contribution in [3.63, 3.8) is 0 Å². The molecule has 98 valence electrons. The molecule has 0 radical (unpaired) electrons. The molecule has 2 N–H and O–H groups in total. The summed E-state index contributed by atoms with van der Waals surface area (Å²) < 4.78 is 0. The monoisotopic (exact) mass is 278 g/mol. The number of aliphatic carboxylic acids is 1. The van der Waals surface area contributed by atoms with Crippen LogP contribution >= 0.6 is 23.5 Å². The van der Waals surface area contributed by atoms with Crippen LogP contribution in [0.5, 0.6) is 0 Å². The van der Waals surface area contributed by atoms with Gasteiger partial charge in [-0.05, 0) is 18.4 Å². The number of carboxylic acid groups (broad SMARTS) is 1. The number of hydrogen-bond donors (Lipinski definition) is 2. The van der Waals surface area contributed by atoms with Gasteiger partial charge in [0.2, 0.25) is 0 Å². The fourth-order valence-corrected chi connectivity index (χ4v) is 3.04. The molecule has 0 aromatic rings. The van der Waals surface area contributed by atoms with Gasteiger partial charge in [0.1, 0.15) is 6.04 Å². The summed E-state index contributed by atoms with van der Waals surface area (Å²) in [6.07, 6.45) is 2.93. The molecule has 1 heterocycles. The van der Waals surface area contributed by atoms with Gasteiger partial charge in [0.25, 0.3) is 0 Å². The van der Waals surface area contributed by atoms with Crippen LogP contribution in [0.2, 0.25) is 0 Å². The summed E-state index contributed by atoms with van der Waals surface area (Å²) in [5.41, 5.74) is 0. The van der Waals surface area contributed by atoms with Gasteiger partial charge in [-0.2, -0.15) is 23.5 Å². The highest BCUT2D eigenvalue weighted by molar-refractivity contribution is 7.99. The van der Waals surface area contributed by atoms with Gasteiger partial charge < -0.3 is 15.3 Å². The number of hydrogen-bond acceptors (Lipinski definition) is 4. The Labute approximate surface area is 110 Å². The Morgan fingerprint density at radius 1 is 1.59 bits per heavy atom. The minimum Gasteiger partial charge on any atom is -0.480 e. The van der Waals surface area contributed by atoms with Crippen molar-refractivity contribution in [1.82, 2.24) is 10.2 Å². The van der Waals surface area contributed by atoms with Crippen LogP contribution in [-0.2, 0) is 4.79 Å². The van der Waals surface area contributed by atoms with Crippen LogP contribution in [0.15, 0.2) is 0 Å². The van der Waals surface area contributed by atoms with Crippen molar-refractivity contribution in [2.24, 2.45) is 0 Å². The summed E-state index contributed by atoms with van der Waals surface area (Å²) in [7, 11) is 0. The third kappa shape index (κ3) is 4.67. The first-order chi connectivity index (χ1) is 8.16. The number of nitrogens with zero attached hydrogens (tertiary/aromatic N) is 1. The Morgan fingerprint density at radius 3 is 3.00 bits per heavy atom. The lowest BCUT2D eigenvalue weighted by atomic mass is 10.3. The SMILES string of the molecule is CSCCCNC(=O)N1CCSCC1C(=O)O. The maximum Gasteiger partial charge on any atom is 0.327 e. The molecule has 0 aliphatic carbocycles. The number of carbonyl (C=O) groups is 2. The highest BCUT2D eigenvalue weighted by Gasteiger charge is 2.32. The van der Waals surface area contributed by atoms with E-state index in [2.05, 4.69) is 5.32 Å². The summed E-state index contributed by atoms with van der Waals surface area (Å²) in [4.78, 5) is 24.2. The maximum atomic E-state index is 11.8. The molecule has 7 heteroatoms. The first kappa shape index (κ1) is 14.5. The van der Waals surface area contributed by atoms with E-state index in [9.17, 15) is 9.59 Å². The van der Waals surface area contributed by atoms with Crippen LogP contribution < -0.4 is 5.32 Å². The van der Waals surface area contributed by atoms with E-state index in [1.165, 1.54) is 4.90 Å². The molecular formula is C10H18N2O3S2. The molecule has 1 rings (SSSR count). The standard InChI is InChI=1S/C10H18N2O3S2/c1-16-5-2-3-11-10(15)12-4-6-17-7-8(12)9(13)14/h8H,2-7H2,1H3,(H,11,15)(H,13,14). The van der Waals surface area contributed by atoms with Gasteiger partial charge in [0, 0.05) is 24.6 Å². The van der Waals surface area contributed by atoms with E-state index in [0.29, 0.717) is 18.8 Å². The van der Waals surface area contributed by atoms with Crippen LogP contribution in [0.3, 0.4) is 0 Å². The van der Waals surface area contributed by atoms with E-state index in [-0.39, 0.29) is 6.03 Å². The van der Waals surface area contributed by atoms with Crippen LogP contribution in [0.1, 0.15) is 6.42 Å². The van der Waals surface area contributed by atoms with Crippen molar-refractivity contribution in [3.05, 3.63) is 0 Å².